The smallest absolute Gasteiger partial charge is 0.0837 e. The summed E-state index contributed by atoms with van der Waals surface area (Å²) in [5.41, 5.74) is 2.10. The molecule has 1 fully saturated rings. The minimum Gasteiger partial charge on any atom is -0.284 e. The third kappa shape index (κ3) is 2.88. The SMILES string of the molecule is C/C(=N\C1CCCCC1)c1ccccn1. The second-order valence-corrected chi connectivity index (χ2v) is 4.22. The van der Waals surface area contributed by atoms with Gasteiger partial charge < -0.3 is 0 Å². The van der Waals surface area contributed by atoms with Crippen LogP contribution in [-0.2, 0) is 0 Å². The summed E-state index contributed by atoms with van der Waals surface area (Å²) in [6.45, 7) is 2.07. The molecule has 1 saturated carbocycles. The van der Waals surface area contributed by atoms with Gasteiger partial charge in [-0.05, 0) is 31.9 Å². The molecule has 0 bridgehead atoms. The van der Waals surface area contributed by atoms with Gasteiger partial charge in [0, 0.05) is 6.20 Å². The third-order valence-corrected chi connectivity index (χ3v) is 2.99. The first-order valence-electron chi connectivity index (χ1n) is 5.82. The van der Waals surface area contributed by atoms with E-state index in [0.717, 1.165) is 11.4 Å². The first-order valence-corrected chi connectivity index (χ1v) is 5.82. The van der Waals surface area contributed by atoms with Crippen LogP contribution in [0.4, 0.5) is 0 Å². The lowest BCUT2D eigenvalue weighted by Gasteiger charge is -2.18. The normalized spacial score (nSPS) is 19.1. The molecule has 0 unspecified atom stereocenters. The van der Waals surface area contributed by atoms with Crippen molar-refractivity contribution < 1.29 is 0 Å². The Morgan fingerprint density at radius 2 is 2.07 bits per heavy atom. The van der Waals surface area contributed by atoms with Gasteiger partial charge >= 0.3 is 0 Å². The van der Waals surface area contributed by atoms with Crippen LogP contribution in [0.15, 0.2) is 29.4 Å². The van der Waals surface area contributed by atoms with E-state index in [0.29, 0.717) is 6.04 Å². The van der Waals surface area contributed by atoms with Gasteiger partial charge in [-0.3, -0.25) is 9.98 Å². The molecule has 0 N–H and O–H groups in total. The van der Waals surface area contributed by atoms with E-state index in [1.165, 1.54) is 32.1 Å². The van der Waals surface area contributed by atoms with Crippen LogP contribution < -0.4 is 0 Å². The summed E-state index contributed by atoms with van der Waals surface area (Å²) in [7, 11) is 0. The third-order valence-electron chi connectivity index (χ3n) is 2.99. The zero-order valence-corrected chi connectivity index (χ0v) is 9.32. The van der Waals surface area contributed by atoms with Gasteiger partial charge in [0.2, 0.25) is 0 Å². The molecule has 0 amide bonds. The van der Waals surface area contributed by atoms with Crippen LogP contribution in [0.3, 0.4) is 0 Å². The van der Waals surface area contributed by atoms with Crippen LogP contribution in [-0.4, -0.2) is 16.7 Å². The van der Waals surface area contributed by atoms with Crippen molar-refractivity contribution in [2.75, 3.05) is 0 Å². The highest BCUT2D eigenvalue weighted by Crippen LogP contribution is 2.20. The summed E-state index contributed by atoms with van der Waals surface area (Å²) in [6, 6.07) is 6.53. The Morgan fingerprint density at radius 1 is 1.27 bits per heavy atom. The fourth-order valence-corrected chi connectivity index (χ4v) is 2.13. The van der Waals surface area contributed by atoms with E-state index in [2.05, 4.69) is 11.9 Å². The maximum absolute atomic E-state index is 4.76. The molecule has 0 spiro atoms. The standard InChI is InChI=1S/C13H18N2/c1-11(13-9-5-6-10-14-13)15-12-7-3-2-4-8-12/h5-6,9-10,12H,2-4,7-8H2,1H3/b15-11+. The molecule has 0 aromatic carbocycles. The minimum absolute atomic E-state index is 0.542. The van der Waals surface area contributed by atoms with Gasteiger partial charge in [-0.15, -0.1) is 0 Å². The maximum atomic E-state index is 4.76. The van der Waals surface area contributed by atoms with Crippen LogP contribution in [0.1, 0.15) is 44.7 Å². The first kappa shape index (κ1) is 10.3. The average molecular weight is 202 g/mol. The van der Waals surface area contributed by atoms with E-state index >= 15 is 0 Å². The monoisotopic (exact) mass is 202 g/mol. The van der Waals surface area contributed by atoms with Gasteiger partial charge in [-0.25, -0.2) is 0 Å². The van der Waals surface area contributed by atoms with Gasteiger partial charge in [0.05, 0.1) is 17.4 Å². The Bertz CT molecular complexity index is 324. The predicted octanol–water partition coefficient (Wildman–Crippen LogP) is 3.22. The summed E-state index contributed by atoms with van der Waals surface area (Å²) >= 11 is 0. The lowest BCUT2D eigenvalue weighted by atomic mass is 9.96. The predicted molar refractivity (Wildman–Crippen MR) is 63.3 cm³/mol. The number of hydrogen-bond donors (Lipinski definition) is 0. The quantitative estimate of drug-likeness (QED) is 0.676. The fraction of sp³-hybridized carbons (Fsp3) is 0.538. The summed E-state index contributed by atoms with van der Waals surface area (Å²) in [6.07, 6.45) is 8.39. The summed E-state index contributed by atoms with van der Waals surface area (Å²) < 4.78 is 0. The molecule has 0 atom stereocenters. The Kier molecular flexibility index (Phi) is 3.49. The lowest BCUT2D eigenvalue weighted by Crippen LogP contribution is -2.12. The highest BCUT2D eigenvalue weighted by atomic mass is 14.8. The van der Waals surface area contributed by atoms with Crippen molar-refractivity contribution in [3.05, 3.63) is 30.1 Å². The number of hydrogen-bond acceptors (Lipinski definition) is 2. The van der Waals surface area contributed by atoms with Gasteiger partial charge in [0.1, 0.15) is 0 Å². The summed E-state index contributed by atoms with van der Waals surface area (Å²) in [5.74, 6) is 0. The molecule has 2 rings (SSSR count). The second-order valence-electron chi connectivity index (χ2n) is 4.22. The molecule has 0 radical (unpaired) electrons. The number of rotatable bonds is 2. The van der Waals surface area contributed by atoms with Gasteiger partial charge in [0.15, 0.2) is 0 Å². The van der Waals surface area contributed by atoms with E-state index in [4.69, 9.17) is 4.99 Å². The van der Waals surface area contributed by atoms with Crippen LogP contribution >= 0.6 is 0 Å². The molecule has 1 heterocycles. The highest BCUT2D eigenvalue weighted by molar-refractivity contribution is 5.96. The summed E-state index contributed by atoms with van der Waals surface area (Å²) in [4.78, 5) is 9.07. The average Bonchev–Trinajstić information content (AvgIpc) is 2.31. The van der Waals surface area contributed by atoms with E-state index in [9.17, 15) is 0 Å². The largest absolute Gasteiger partial charge is 0.284 e. The van der Waals surface area contributed by atoms with Crippen molar-refractivity contribution >= 4 is 5.71 Å². The molecule has 1 aromatic rings. The van der Waals surface area contributed by atoms with Crippen molar-refractivity contribution in [3.8, 4) is 0 Å². The van der Waals surface area contributed by atoms with Crippen LogP contribution in [0.25, 0.3) is 0 Å². The van der Waals surface area contributed by atoms with Crippen molar-refractivity contribution in [2.45, 2.75) is 45.1 Å². The van der Waals surface area contributed by atoms with E-state index in [-0.39, 0.29) is 0 Å². The topological polar surface area (TPSA) is 25.2 Å². The summed E-state index contributed by atoms with van der Waals surface area (Å²) in [5, 5.41) is 0. The number of pyridine rings is 1. The molecular formula is C13H18N2. The van der Waals surface area contributed by atoms with Crippen LogP contribution in [0.5, 0.6) is 0 Å². The second kappa shape index (κ2) is 5.06. The van der Waals surface area contributed by atoms with Crippen molar-refractivity contribution in [1.29, 1.82) is 0 Å². The Labute approximate surface area is 91.5 Å². The molecule has 0 aliphatic heterocycles. The van der Waals surface area contributed by atoms with E-state index in [1.807, 2.05) is 24.4 Å². The molecule has 1 aromatic heterocycles. The highest BCUT2D eigenvalue weighted by Gasteiger charge is 2.12. The molecule has 1 aliphatic rings. The van der Waals surface area contributed by atoms with E-state index < -0.39 is 0 Å². The van der Waals surface area contributed by atoms with Gasteiger partial charge in [-0.2, -0.15) is 0 Å². The van der Waals surface area contributed by atoms with Crippen LogP contribution in [0, 0.1) is 0 Å². The number of aliphatic imine (C=N–C) groups is 1. The molecule has 2 heteroatoms. The zero-order valence-electron chi connectivity index (χ0n) is 9.32. The lowest BCUT2D eigenvalue weighted by molar-refractivity contribution is 0.443. The Hall–Kier alpha value is -1.18. The van der Waals surface area contributed by atoms with Crippen molar-refractivity contribution in [3.63, 3.8) is 0 Å². The number of nitrogens with zero attached hydrogens (tertiary/aromatic N) is 2. The molecular weight excluding hydrogens is 184 g/mol. The van der Waals surface area contributed by atoms with Crippen LogP contribution in [0.2, 0.25) is 0 Å². The Balaban J connectivity index is 2.06. The molecule has 15 heavy (non-hydrogen) atoms. The Morgan fingerprint density at radius 3 is 2.73 bits per heavy atom. The first-order chi connectivity index (χ1) is 7.36. The van der Waals surface area contributed by atoms with Gasteiger partial charge in [0.25, 0.3) is 0 Å². The zero-order chi connectivity index (χ0) is 10.5. The van der Waals surface area contributed by atoms with Crippen molar-refractivity contribution in [1.82, 2.24) is 4.98 Å². The molecule has 2 nitrogen and oxygen atoms in total. The fourth-order valence-electron chi connectivity index (χ4n) is 2.13. The van der Waals surface area contributed by atoms with E-state index in [1.54, 1.807) is 0 Å². The van der Waals surface area contributed by atoms with Gasteiger partial charge in [-0.1, -0.05) is 25.3 Å². The molecule has 80 valence electrons. The van der Waals surface area contributed by atoms with Crippen molar-refractivity contribution in [2.24, 2.45) is 4.99 Å². The molecule has 0 saturated heterocycles. The minimum atomic E-state index is 0.542. The number of aromatic nitrogens is 1. The molecule has 1 aliphatic carbocycles. The maximum Gasteiger partial charge on any atom is 0.0837 e.